The molecule has 0 aromatic rings. The second kappa shape index (κ2) is 22.9. The molecule has 0 bridgehead atoms. The third-order valence-electron chi connectivity index (χ3n) is 17.6. The van der Waals surface area contributed by atoms with E-state index in [4.69, 9.17) is 32.6 Å². The summed E-state index contributed by atoms with van der Waals surface area (Å²) in [5.41, 5.74) is -0.401. The van der Waals surface area contributed by atoms with E-state index in [2.05, 4.69) is 52.8 Å². The Bertz CT molecular complexity index is 3080. The lowest BCUT2D eigenvalue weighted by molar-refractivity contribution is -0.364. The van der Waals surface area contributed by atoms with Gasteiger partial charge in [0.25, 0.3) is 0 Å². The topological polar surface area (TPSA) is 501 Å². The zero-order valence-electron chi connectivity index (χ0n) is 42.7. The average Bonchev–Trinajstić information content (AvgIpc) is 3.73. The van der Waals surface area contributed by atoms with E-state index in [1.165, 1.54) is 0 Å². The summed E-state index contributed by atoms with van der Waals surface area (Å²) in [6.07, 6.45) is -23.5. The zero-order chi connectivity index (χ0) is 59.4. The van der Waals surface area contributed by atoms with Gasteiger partial charge in [0.05, 0.1) is 32.0 Å². The molecule has 4 heterocycles. The maximum Gasteiger partial charge on any atom is 0.397 e. The van der Waals surface area contributed by atoms with E-state index in [1.807, 2.05) is 0 Å². The van der Waals surface area contributed by atoms with Gasteiger partial charge in [0.2, 0.25) is 0 Å². The second-order valence-corrected chi connectivity index (χ2v) is 29.7. The van der Waals surface area contributed by atoms with Gasteiger partial charge in [0, 0.05) is 12.3 Å². The van der Waals surface area contributed by atoms with Crippen LogP contribution in [0.15, 0.2) is 0 Å². The first-order chi connectivity index (χ1) is 36.5. The summed E-state index contributed by atoms with van der Waals surface area (Å²) in [6, 6.07) is 0. The molecule has 0 unspecified atom stereocenters. The largest absolute Gasteiger partial charge is 0.397 e. The number of fused-ring (bicyclic) bond motifs is 7. The molecule has 466 valence electrons. The molecule has 1 spiro atoms. The number of hydrogen-bond acceptors (Lipinski definition) is 27. The molecule has 22 atom stereocenters. The van der Waals surface area contributed by atoms with Gasteiger partial charge >= 0.3 is 72.8 Å². The van der Waals surface area contributed by atoms with Crippen molar-refractivity contribution in [1.82, 2.24) is 0 Å². The predicted molar refractivity (Wildman–Crippen MR) is 256 cm³/mol. The van der Waals surface area contributed by atoms with Crippen molar-refractivity contribution in [2.24, 2.45) is 52.3 Å². The molecule has 7 N–H and O–H groups in total. The number of ether oxygens (including phenoxy) is 6. The van der Waals surface area contributed by atoms with E-state index >= 15 is 0 Å². The van der Waals surface area contributed by atoms with Crippen LogP contribution < -0.4 is 0 Å². The van der Waals surface area contributed by atoms with E-state index in [0.29, 0.717) is 31.3 Å². The Morgan fingerprint density at radius 3 is 1.45 bits per heavy atom. The van der Waals surface area contributed by atoms with Gasteiger partial charge < -0.3 is 28.4 Å². The molecule has 41 heteroatoms. The molecular formula is C39H64O34S7. The number of rotatable bonds is 20. The summed E-state index contributed by atoms with van der Waals surface area (Å²) >= 11 is 0. The molecule has 0 radical (unpaired) electrons. The van der Waals surface area contributed by atoms with Crippen LogP contribution in [-0.4, -0.2) is 190 Å². The lowest BCUT2D eigenvalue weighted by Gasteiger charge is -2.61. The molecule has 34 nitrogen and oxygen atoms in total. The molecule has 4 aliphatic carbocycles. The maximum absolute atomic E-state index is 12.7. The third kappa shape index (κ3) is 15.0. The van der Waals surface area contributed by atoms with Gasteiger partial charge in [0.1, 0.15) is 42.7 Å². The Labute approximate surface area is 462 Å². The summed E-state index contributed by atoms with van der Waals surface area (Å²) in [5.74, 6) is 0.864. The highest BCUT2D eigenvalue weighted by Gasteiger charge is 2.69. The van der Waals surface area contributed by atoms with Crippen LogP contribution in [0.4, 0.5) is 0 Å². The first kappa shape index (κ1) is 64.8. The highest BCUT2D eigenvalue weighted by molar-refractivity contribution is 7.82. The van der Waals surface area contributed by atoms with Gasteiger partial charge in [-0.05, 0) is 104 Å². The smallest absolute Gasteiger partial charge is 0.349 e. The lowest BCUT2D eigenvalue weighted by atomic mass is 9.44. The Kier molecular flexibility index (Phi) is 18.5. The summed E-state index contributed by atoms with van der Waals surface area (Å²) in [6.45, 7) is 6.14. The molecule has 80 heavy (non-hydrogen) atoms. The van der Waals surface area contributed by atoms with Gasteiger partial charge in [-0.2, -0.15) is 58.9 Å². The molecule has 4 aliphatic heterocycles. The van der Waals surface area contributed by atoms with Crippen LogP contribution >= 0.6 is 0 Å². The molecular weight excluding hydrogens is 1240 g/mol. The zero-order valence-corrected chi connectivity index (χ0v) is 48.4. The third-order valence-corrected chi connectivity index (χ3v) is 20.8. The molecule has 0 aromatic carbocycles. The highest BCUT2D eigenvalue weighted by atomic mass is 32.3. The summed E-state index contributed by atoms with van der Waals surface area (Å²) in [7, 11) is -41.5. The molecule has 0 amide bonds. The van der Waals surface area contributed by atoms with Crippen molar-refractivity contribution in [2.75, 3.05) is 19.8 Å². The SMILES string of the molecule is C[C@H]1CC[C@@]2(OC1)O[C@H]1C[C@H]3[C@@H]4CC[C@@H]5C[C@@H](O[C@@H]6O[C@H](COS(=O)(=O)O)[C@H](OS(=O)(=O)O)[C@H](OS(=O)(=O)O)[C@H]6O[C@@H]6O[C@H](COS(=O)(=O)O)[C@@H](OS(=O)(=O)O)[C@H](OS(=O)(=O)O)[C@H]6OS(=O)(=O)O)CC[C@]5(C)[C@H]4CC[C@]3(C)[C@H]1[C@@H]2C. The van der Waals surface area contributed by atoms with Crippen molar-refractivity contribution < 1.29 is 148 Å². The van der Waals surface area contributed by atoms with Crippen molar-refractivity contribution >= 4 is 72.8 Å². The molecule has 8 fully saturated rings. The van der Waals surface area contributed by atoms with Gasteiger partial charge in [-0.3, -0.25) is 31.9 Å². The van der Waals surface area contributed by atoms with Crippen LogP contribution in [-0.2, 0) is 130 Å². The van der Waals surface area contributed by atoms with Crippen molar-refractivity contribution in [3.63, 3.8) is 0 Å². The fourth-order valence-corrected chi connectivity index (χ4v) is 17.8. The van der Waals surface area contributed by atoms with E-state index in [0.717, 1.165) is 38.5 Å². The van der Waals surface area contributed by atoms with Crippen LogP contribution in [0.1, 0.15) is 91.9 Å². The fourth-order valence-electron chi connectivity index (χ4n) is 14.7. The Morgan fingerprint density at radius 2 is 0.963 bits per heavy atom. The van der Waals surface area contributed by atoms with Gasteiger partial charge in [-0.25, -0.2) is 29.3 Å². The number of hydrogen-bond donors (Lipinski definition) is 7. The van der Waals surface area contributed by atoms with E-state index in [-0.39, 0.29) is 59.4 Å². The average molecular weight is 1300 g/mol. The van der Waals surface area contributed by atoms with Crippen molar-refractivity contribution in [2.45, 2.75) is 171 Å². The maximum atomic E-state index is 12.7. The normalized spacial score (nSPS) is 44.0. The minimum absolute atomic E-state index is 0.00711. The fraction of sp³-hybridized carbons (Fsp3) is 1.00. The van der Waals surface area contributed by atoms with Crippen LogP contribution in [0, 0.1) is 52.3 Å². The Balaban J connectivity index is 1.14. The highest BCUT2D eigenvalue weighted by Crippen LogP contribution is 2.71. The summed E-state index contributed by atoms with van der Waals surface area (Å²) < 4.78 is 307. The molecule has 4 saturated heterocycles. The lowest BCUT2D eigenvalue weighted by Crippen LogP contribution is -2.67. The first-order valence-corrected chi connectivity index (χ1v) is 34.5. The van der Waals surface area contributed by atoms with Crippen LogP contribution in [0.3, 0.4) is 0 Å². The molecule has 4 saturated carbocycles. The monoisotopic (exact) mass is 1300 g/mol. The molecule has 8 rings (SSSR count). The van der Waals surface area contributed by atoms with Crippen LogP contribution in [0.25, 0.3) is 0 Å². The van der Waals surface area contributed by atoms with Gasteiger partial charge in [0.15, 0.2) is 24.5 Å². The summed E-state index contributed by atoms with van der Waals surface area (Å²) in [4.78, 5) is 0. The second-order valence-electron chi connectivity index (χ2n) is 22.3. The molecule has 0 aromatic heterocycles. The van der Waals surface area contributed by atoms with Crippen molar-refractivity contribution in [3.8, 4) is 0 Å². The quantitative estimate of drug-likeness (QED) is 0.0634. The minimum atomic E-state index is -6.12. The predicted octanol–water partition coefficient (Wildman–Crippen LogP) is 0.232. The van der Waals surface area contributed by atoms with Crippen LogP contribution in [0.5, 0.6) is 0 Å². The standard InChI is InChI=1S/C39H64O34S7/c1-18-7-12-39(61-15-18)19(2)28-25(68-39)14-24-22-6-5-20-13-21(8-10-37(20,3)23(22)9-11-38(24,28)4)64-35-33(31(71-78(52,53)54)29(69-76(46,47)48)26(65-35)16-62-74(40,41)42)67-36-34(73-80(58,59)60)32(72-79(55,56)57)30(70-77(49,50)51)27(66-36)17-63-75(43,44)45/h18-36H,5-17H2,1-4H3,(H,40,41,42)(H,43,44,45)(H,46,47,48)(H,49,50,51)(H,52,53,54)(H,55,56,57)(H,58,59,60)/t18-,19-,20+,21-,22+,23-,24-,25-,26+,27+,28-,29-,30+,31-,32-,33+,34+,35+,36-,37-,38-,39+/m0/s1. The van der Waals surface area contributed by atoms with Gasteiger partial charge in [-0.1, -0.05) is 27.7 Å². The van der Waals surface area contributed by atoms with E-state index < -0.39 is 159 Å². The van der Waals surface area contributed by atoms with E-state index in [9.17, 15) is 90.8 Å². The first-order valence-electron chi connectivity index (χ1n) is 24.9. The summed E-state index contributed by atoms with van der Waals surface area (Å²) in [5, 5.41) is 0. The minimum Gasteiger partial charge on any atom is -0.349 e. The van der Waals surface area contributed by atoms with Crippen LogP contribution in [0.2, 0.25) is 0 Å². The Hall–Kier alpha value is -1.15. The molecule has 8 aliphatic rings. The van der Waals surface area contributed by atoms with E-state index in [1.54, 1.807) is 0 Å². The van der Waals surface area contributed by atoms with Crippen molar-refractivity contribution in [1.29, 1.82) is 0 Å². The van der Waals surface area contributed by atoms with Crippen molar-refractivity contribution in [3.05, 3.63) is 0 Å². The van der Waals surface area contributed by atoms with Gasteiger partial charge in [-0.15, -0.1) is 0 Å². The Morgan fingerprint density at radius 1 is 0.487 bits per heavy atom.